The number of nitrogens with zero attached hydrogens (tertiary/aromatic N) is 2. The Morgan fingerprint density at radius 3 is 2.16 bits per heavy atom. The highest BCUT2D eigenvalue weighted by Gasteiger charge is 2.31. The highest BCUT2D eigenvalue weighted by Crippen LogP contribution is 2.21. The van der Waals surface area contributed by atoms with Crippen molar-refractivity contribution in [3.05, 3.63) is 65.2 Å². The molecule has 0 unspecified atom stereocenters. The van der Waals surface area contributed by atoms with Crippen molar-refractivity contribution < 1.29 is 18.0 Å². The molecule has 0 radical (unpaired) electrons. The van der Waals surface area contributed by atoms with E-state index in [9.17, 15) is 18.0 Å². The molecule has 2 aromatic carbocycles. The highest BCUT2D eigenvalue weighted by molar-refractivity contribution is 7.92. The van der Waals surface area contributed by atoms with Gasteiger partial charge in [-0.25, -0.2) is 8.42 Å². The molecule has 0 aliphatic heterocycles. The van der Waals surface area contributed by atoms with Gasteiger partial charge in [0.1, 0.15) is 12.6 Å². The second-order valence-electron chi connectivity index (χ2n) is 7.66. The minimum absolute atomic E-state index is 0.206. The van der Waals surface area contributed by atoms with E-state index in [2.05, 4.69) is 5.32 Å². The number of hydrogen-bond donors (Lipinski definition) is 1. The van der Waals surface area contributed by atoms with Gasteiger partial charge in [0.05, 0.1) is 11.9 Å². The molecule has 0 saturated carbocycles. The van der Waals surface area contributed by atoms with E-state index >= 15 is 0 Å². The number of benzene rings is 2. The standard InChI is InChI=1S/C23H31N3O4S/c1-6-21(23(28)24-4)25(15-19-11-7-9-17(2)13-19)22(27)16-26(31(5,29)30)20-12-8-10-18(3)14-20/h7-14,21H,6,15-16H2,1-5H3,(H,24,28)/t21-/m1/s1. The topological polar surface area (TPSA) is 86.8 Å². The van der Waals surface area contributed by atoms with Gasteiger partial charge in [-0.3, -0.25) is 13.9 Å². The van der Waals surface area contributed by atoms with Crippen molar-refractivity contribution in [1.29, 1.82) is 0 Å². The summed E-state index contributed by atoms with van der Waals surface area (Å²) in [4.78, 5) is 27.4. The molecule has 8 heteroatoms. The summed E-state index contributed by atoms with van der Waals surface area (Å²) in [5.41, 5.74) is 3.21. The van der Waals surface area contributed by atoms with Crippen LogP contribution < -0.4 is 9.62 Å². The first-order valence-corrected chi connectivity index (χ1v) is 12.0. The summed E-state index contributed by atoms with van der Waals surface area (Å²) in [6.45, 7) is 5.45. The summed E-state index contributed by atoms with van der Waals surface area (Å²) in [7, 11) is -2.19. The molecule has 168 valence electrons. The lowest BCUT2D eigenvalue weighted by molar-refractivity contribution is -0.140. The van der Waals surface area contributed by atoms with Crippen molar-refractivity contribution in [2.24, 2.45) is 0 Å². The summed E-state index contributed by atoms with van der Waals surface area (Å²) in [6, 6.07) is 13.9. The van der Waals surface area contributed by atoms with E-state index < -0.39 is 22.0 Å². The molecule has 2 rings (SSSR count). The van der Waals surface area contributed by atoms with Crippen molar-refractivity contribution in [1.82, 2.24) is 10.2 Å². The minimum atomic E-state index is -3.72. The molecule has 2 aromatic rings. The number of rotatable bonds is 9. The van der Waals surface area contributed by atoms with Gasteiger partial charge in [0.2, 0.25) is 21.8 Å². The van der Waals surface area contributed by atoms with E-state index in [1.54, 1.807) is 18.2 Å². The molecule has 1 atom stereocenters. The molecule has 0 spiro atoms. The first-order chi connectivity index (χ1) is 14.6. The van der Waals surface area contributed by atoms with Gasteiger partial charge < -0.3 is 10.2 Å². The van der Waals surface area contributed by atoms with Crippen LogP contribution in [0.5, 0.6) is 0 Å². The summed E-state index contributed by atoms with van der Waals surface area (Å²) in [5.74, 6) is -0.728. The van der Waals surface area contributed by atoms with Crippen LogP contribution in [0.4, 0.5) is 5.69 Å². The number of sulfonamides is 1. The maximum Gasteiger partial charge on any atom is 0.244 e. The Kier molecular flexibility index (Phi) is 8.21. The Morgan fingerprint density at radius 2 is 1.65 bits per heavy atom. The molecule has 2 amide bonds. The van der Waals surface area contributed by atoms with Gasteiger partial charge in [0.25, 0.3) is 0 Å². The van der Waals surface area contributed by atoms with Crippen LogP contribution in [0, 0.1) is 13.8 Å². The average molecular weight is 446 g/mol. The number of amides is 2. The van der Waals surface area contributed by atoms with Crippen LogP contribution in [-0.2, 0) is 26.2 Å². The second-order valence-corrected chi connectivity index (χ2v) is 9.56. The van der Waals surface area contributed by atoms with Gasteiger partial charge in [-0.1, -0.05) is 48.9 Å². The fourth-order valence-electron chi connectivity index (χ4n) is 3.49. The van der Waals surface area contributed by atoms with Crippen molar-refractivity contribution in [2.75, 3.05) is 24.2 Å². The normalized spacial score (nSPS) is 12.2. The fourth-order valence-corrected chi connectivity index (χ4v) is 4.33. The molecule has 1 N–H and O–H groups in total. The molecule has 31 heavy (non-hydrogen) atoms. The van der Waals surface area contributed by atoms with Crippen molar-refractivity contribution in [3.63, 3.8) is 0 Å². The number of carbonyl (C=O) groups is 2. The summed E-state index contributed by atoms with van der Waals surface area (Å²) >= 11 is 0. The van der Waals surface area contributed by atoms with Crippen LogP contribution in [0.25, 0.3) is 0 Å². The van der Waals surface area contributed by atoms with Gasteiger partial charge >= 0.3 is 0 Å². The summed E-state index contributed by atoms with van der Waals surface area (Å²) < 4.78 is 26.1. The van der Waals surface area contributed by atoms with E-state index in [4.69, 9.17) is 0 Å². The van der Waals surface area contributed by atoms with Crippen LogP contribution in [-0.4, -0.2) is 51.0 Å². The van der Waals surface area contributed by atoms with Gasteiger partial charge in [-0.05, 0) is 43.5 Å². The zero-order valence-corrected chi connectivity index (χ0v) is 19.6. The third-order valence-corrected chi connectivity index (χ3v) is 6.18. The zero-order chi connectivity index (χ0) is 23.2. The number of carbonyl (C=O) groups excluding carboxylic acids is 2. The maximum absolute atomic E-state index is 13.4. The Labute approximate surface area is 185 Å². The van der Waals surface area contributed by atoms with Crippen LogP contribution in [0.3, 0.4) is 0 Å². The van der Waals surface area contributed by atoms with Crippen molar-refractivity contribution >= 4 is 27.5 Å². The number of nitrogens with one attached hydrogen (secondary N) is 1. The van der Waals surface area contributed by atoms with Gasteiger partial charge in [0, 0.05) is 13.6 Å². The summed E-state index contributed by atoms with van der Waals surface area (Å²) in [5, 5.41) is 2.61. The van der Waals surface area contributed by atoms with E-state index in [1.165, 1.54) is 11.9 Å². The second kappa shape index (κ2) is 10.4. The molecular formula is C23H31N3O4S. The first kappa shape index (κ1) is 24.4. The molecule has 0 aromatic heterocycles. The van der Waals surface area contributed by atoms with E-state index in [1.807, 2.05) is 51.1 Å². The summed E-state index contributed by atoms with van der Waals surface area (Å²) in [6.07, 6.45) is 1.48. The van der Waals surface area contributed by atoms with Crippen molar-refractivity contribution in [2.45, 2.75) is 39.8 Å². The largest absolute Gasteiger partial charge is 0.357 e. The Hall–Kier alpha value is -2.87. The minimum Gasteiger partial charge on any atom is -0.357 e. The predicted molar refractivity (Wildman–Crippen MR) is 123 cm³/mol. The molecule has 0 fully saturated rings. The predicted octanol–water partition coefficient (Wildman–Crippen LogP) is 2.62. The van der Waals surface area contributed by atoms with E-state index in [-0.39, 0.29) is 19.0 Å². The molecular weight excluding hydrogens is 414 g/mol. The molecule has 0 bridgehead atoms. The van der Waals surface area contributed by atoms with Crippen LogP contribution in [0.1, 0.15) is 30.0 Å². The van der Waals surface area contributed by atoms with Crippen LogP contribution in [0.15, 0.2) is 48.5 Å². The van der Waals surface area contributed by atoms with E-state index in [0.29, 0.717) is 12.1 Å². The van der Waals surface area contributed by atoms with Gasteiger partial charge in [0.15, 0.2) is 0 Å². The average Bonchev–Trinajstić information content (AvgIpc) is 2.70. The quantitative estimate of drug-likeness (QED) is 0.643. The SMILES string of the molecule is CC[C@H](C(=O)NC)N(Cc1cccc(C)c1)C(=O)CN(c1cccc(C)c1)S(C)(=O)=O. The van der Waals surface area contributed by atoms with Gasteiger partial charge in [-0.15, -0.1) is 0 Å². The fraction of sp³-hybridized carbons (Fsp3) is 0.391. The number of likely N-dealkylation sites (N-methyl/N-ethyl adjacent to an activating group) is 1. The van der Waals surface area contributed by atoms with E-state index in [0.717, 1.165) is 27.3 Å². The maximum atomic E-state index is 13.4. The van der Waals surface area contributed by atoms with Crippen molar-refractivity contribution in [3.8, 4) is 0 Å². The Morgan fingerprint density at radius 1 is 1.03 bits per heavy atom. The smallest absolute Gasteiger partial charge is 0.244 e. The zero-order valence-electron chi connectivity index (χ0n) is 18.8. The highest BCUT2D eigenvalue weighted by atomic mass is 32.2. The first-order valence-electron chi connectivity index (χ1n) is 10.2. The Balaban J connectivity index is 2.43. The third-order valence-electron chi connectivity index (χ3n) is 5.04. The van der Waals surface area contributed by atoms with Crippen LogP contribution >= 0.6 is 0 Å². The number of hydrogen-bond acceptors (Lipinski definition) is 4. The van der Waals surface area contributed by atoms with Crippen LogP contribution in [0.2, 0.25) is 0 Å². The lowest BCUT2D eigenvalue weighted by Crippen LogP contribution is -2.51. The number of anilines is 1. The molecule has 0 aliphatic carbocycles. The third kappa shape index (κ3) is 6.55. The number of aryl methyl sites for hydroxylation is 2. The monoisotopic (exact) mass is 445 g/mol. The lowest BCUT2D eigenvalue weighted by Gasteiger charge is -2.32. The lowest BCUT2D eigenvalue weighted by atomic mass is 10.1. The molecule has 7 nitrogen and oxygen atoms in total. The molecule has 0 saturated heterocycles. The Bertz CT molecular complexity index is 1040. The molecule has 0 aliphatic rings. The van der Waals surface area contributed by atoms with Gasteiger partial charge in [-0.2, -0.15) is 0 Å². The molecule has 0 heterocycles.